The van der Waals surface area contributed by atoms with Gasteiger partial charge in [-0.1, -0.05) is 0 Å². The number of hydrogen-bond acceptors (Lipinski definition) is 3. The SMILES string of the molecule is CC(C)NC1(C(N)=O)CCCC(N(C)C(C)C2CC2)C1. The normalized spacial score (nSPS) is 32.6. The van der Waals surface area contributed by atoms with E-state index >= 15 is 0 Å². The van der Waals surface area contributed by atoms with Crippen LogP contribution in [0.5, 0.6) is 0 Å². The van der Waals surface area contributed by atoms with E-state index in [4.69, 9.17) is 5.73 Å². The second-order valence-electron chi connectivity index (χ2n) is 7.24. The average Bonchev–Trinajstić information content (AvgIpc) is 3.20. The zero-order valence-electron chi connectivity index (χ0n) is 13.5. The third-order valence-corrected chi connectivity index (χ3v) is 5.28. The topological polar surface area (TPSA) is 58.4 Å². The quantitative estimate of drug-likeness (QED) is 0.781. The van der Waals surface area contributed by atoms with Crippen molar-refractivity contribution in [2.24, 2.45) is 11.7 Å². The van der Waals surface area contributed by atoms with E-state index in [2.05, 4.69) is 38.0 Å². The first kappa shape index (κ1) is 15.8. The molecule has 2 aliphatic carbocycles. The van der Waals surface area contributed by atoms with Crippen molar-refractivity contribution >= 4 is 5.91 Å². The molecule has 0 aromatic rings. The second kappa shape index (κ2) is 6.02. The number of primary amides is 1. The second-order valence-corrected chi connectivity index (χ2v) is 7.24. The molecule has 20 heavy (non-hydrogen) atoms. The molecule has 2 saturated carbocycles. The van der Waals surface area contributed by atoms with E-state index in [0.29, 0.717) is 12.1 Å². The number of hydrogen-bond donors (Lipinski definition) is 2. The van der Waals surface area contributed by atoms with Crippen LogP contribution in [0.1, 0.15) is 59.3 Å². The zero-order valence-corrected chi connectivity index (χ0v) is 13.5. The predicted molar refractivity (Wildman–Crippen MR) is 82.4 cm³/mol. The van der Waals surface area contributed by atoms with Crippen LogP contribution in [0.15, 0.2) is 0 Å². The largest absolute Gasteiger partial charge is 0.368 e. The molecular formula is C16H31N3O. The van der Waals surface area contributed by atoms with Crippen LogP contribution >= 0.6 is 0 Å². The first-order chi connectivity index (χ1) is 9.35. The molecule has 0 bridgehead atoms. The van der Waals surface area contributed by atoms with Gasteiger partial charge in [-0.15, -0.1) is 0 Å². The van der Waals surface area contributed by atoms with Crippen molar-refractivity contribution in [3.63, 3.8) is 0 Å². The standard InChI is InChI=1S/C16H31N3O/c1-11(2)18-16(15(17)20)9-5-6-14(10-16)19(4)12(3)13-7-8-13/h11-14,18H,5-10H2,1-4H3,(H2,17,20). The van der Waals surface area contributed by atoms with Crippen LogP contribution in [-0.2, 0) is 4.79 Å². The number of rotatable bonds is 6. The van der Waals surface area contributed by atoms with Crippen LogP contribution in [0.4, 0.5) is 0 Å². The molecule has 2 rings (SSSR count). The molecule has 116 valence electrons. The summed E-state index contributed by atoms with van der Waals surface area (Å²) in [5, 5.41) is 3.46. The van der Waals surface area contributed by atoms with Crippen LogP contribution in [0.25, 0.3) is 0 Å². The fourth-order valence-corrected chi connectivity index (χ4v) is 3.82. The summed E-state index contributed by atoms with van der Waals surface area (Å²) in [6.45, 7) is 6.50. The Morgan fingerprint density at radius 3 is 2.45 bits per heavy atom. The molecular weight excluding hydrogens is 250 g/mol. The van der Waals surface area contributed by atoms with E-state index in [9.17, 15) is 4.79 Å². The summed E-state index contributed by atoms with van der Waals surface area (Å²) in [7, 11) is 2.22. The third kappa shape index (κ3) is 3.34. The molecule has 3 unspecified atom stereocenters. The fourth-order valence-electron chi connectivity index (χ4n) is 3.82. The molecule has 2 aliphatic rings. The molecule has 4 heteroatoms. The average molecular weight is 281 g/mol. The maximum Gasteiger partial charge on any atom is 0.237 e. The summed E-state index contributed by atoms with van der Waals surface area (Å²) >= 11 is 0. The van der Waals surface area contributed by atoms with Gasteiger partial charge in [0, 0.05) is 18.1 Å². The van der Waals surface area contributed by atoms with Gasteiger partial charge in [0.1, 0.15) is 0 Å². The summed E-state index contributed by atoms with van der Waals surface area (Å²) in [5.74, 6) is 0.686. The summed E-state index contributed by atoms with van der Waals surface area (Å²) in [6.07, 6.45) is 6.72. The van der Waals surface area contributed by atoms with Gasteiger partial charge >= 0.3 is 0 Å². The maximum atomic E-state index is 12.0. The predicted octanol–water partition coefficient (Wildman–Crippen LogP) is 1.88. The van der Waals surface area contributed by atoms with Gasteiger partial charge in [-0.25, -0.2) is 0 Å². The number of nitrogens with one attached hydrogen (secondary N) is 1. The summed E-state index contributed by atoms with van der Waals surface area (Å²) in [4.78, 5) is 14.5. The van der Waals surface area contributed by atoms with Crippen LogP contribution in [0.3, 0.4) is 0 Å². The van der Waals surface area contributed by atoms with Crippen molar-refractivity contribution in [3.8, 4) is 0 Å². The molecule has 3 atom stereocenters. The van der Waals surface area contributed by atoms with Crippen molar-refractivity contribution in [2.75, 3.05) is 7.05 Å². The van der Waals surface area contributed by atoms with Gasteiger partial charge in [0.05, 0.1) is 5.54 Å². The minimum Gasteiger partial charge on any atom is -0.368 e. The summed E-state index contributed by atoms with van der Waals surface area (Å²) in [5.41, 5.74) is 5.24. The van der Waals surface area contributed by atoms with E-state index in [-0.39, 0.29) is 11.9 Å². The molecule has 4 nitrogen and oxygen atoms in total. The number of nitrogens with two attached hydrogens (primary N) is 1. The Morgan fingerprint density at radius 2 is 1.95 bits per heavy atom. The Bertz CT molecular complexity index is 354. The molecule has 0 aliphatic heterocycles. The first-order valence-corrected chi connectivity index (χ1v) is 8.15. The summed E-state index contributed by atoms with van der Waals surface area (Å²) in [6, 6.07) is 1.38. The first-order valence-electron chi connectivity index (χ1n) is 8.15. The monoisotopic (exact) mass is 281 g/mol. The molecule has 0 aromatic heterocycles. The van der Waals surface area contributed by atoms with Crippen molar-refractivity contribution in [1.29, 1.82) is 0 Å². The molecule has 0 saturated heterocycles. The smallest absolute Gasteiger partial charge is 0.237 e. The van der Waals surface area contributed by atoms with Crippen molar-refractivity contribution in [2.45, 2.75) is 83.0 Å². The molecule has 2 fully saturated rings. The van der Waals surface area contributed by atoms with Gasteiger partial charge in [0.25, 0.3) is 0 Å². The fraction of sp³-hybridized carbons (Fsp3) is 0.938. The highest BCUT2D eigenvalue weighted by atomic mass is 16.1. The Morgan fingerprint density at radius 1 is 1.30 bits per heavy atom. The van der Waals surface area contributed by atoms with Gasteiger partial charge in [-0.3, -0.25) is 4.79 Å². The number of amides is 1. The lowest BCUT2D eigenvalue weighted by atomic mass is 9.77. The lowest BCUT2D eigenvalue weighted by molar-refractivity contribution is -0.127. The van der Waals surface area contributed by atoms with Crippen LogP contribution in [-0.4, -0.2) is 41.5 Å². The van der Waals surface area contributed by atoms with E-state index in [1.165, 1.54) is 19.3 Å². The Labute approximate surface area is 123 Å². The minimum atomic E-state index is -0.505. The molecule has 0 radical (unpaired) electrons. The lowest BCUT2D eigenvalue weighted by Gasteiger charge is -2.45. The highest BCUT2D eigenvalue weighted by Crippen LogP contribution is 2.38. The number of carbonyl (C=O) groups excluding carboxylic acids is 1. The van der Waals surface area contributed by atoms with Crippen molar-refractivity contribution < 1.29 is 4.79 Å². The van der Waals surface area contributed by atoms with Gasteiger partial charge in [0.2, 0.25) is 5.91 Å². The zero-order chi connectivity index (χ0) is 14.9. The molecule has 0 aromatic carbocycles. The van der Waals surface area contributed by atoms with Gasteiger partial charge < -0.3 is 16.0 Å². The Balaban J connectivity index is 2.06. The van der Waals surface area contributed by atoms with Crippen LogP contribution < -0.4 is 11.1 Å². The Hall–Kier alpha value is -0.610. The van der Waals surface area contributed by atoms with Crippen LogP contribution in [0.2, 0.25) is 0 Å². The van der Waals surface area contributed by atoms with Gasteiger partial charge in [-0.2, -0.15) is 0 Å². The van der Waals surface area contributed by atoms with E-state index in [1.54, 1.807) is 0 Å². The van der Waals surface area contributed by atoms with Crippen LogP contribution in [0, 0.1) is 5.92 Å². The highest BCUT2D eigenvalue weighted by Gasteiger charge is 2.44. The minimum absolute atomic E-state index is 0.177. The molecule has 3 N–H and O–H groups in total. The summed E-state index contributed by atoms with van der Waals surface area (Å²) < 4.78 is 0. The van der Waals surface area contributed by atoms with Gasteiger partial charge in [-0.05, 0) is 72.3 Å². The number of carbonyl (C=O) groups is 1. The maximum absolute atomic E-state index is 12.0. The van der Waals surface area contributed by atoms with E-state index in [1.807, 2.05) is 0 Å². The number of nitrogens with zero attached hydrogens (tertiary/aromatic N) is 1. The van der Waals surface area contributed by atoms with Gasteiger partial charge in [0.15, 0.2) is 0 Å². The third-order valence-electron chi connectivity index (χ3n) is 5.28. The Kier molecular flexibility index (Phi) is 4.75. The molecule has 0 spiro atoms. The van der Waals surface area contributed by atoms with Crippen molar-refractivity contribution in [1.82, 2.24) is 10.2 Å². The molecule has 1 amide bonds. The van der Waals surface area contributed by atoms with E-state index in [0.717, 1.165) is 25.2 Å². The van der Waals surface area contributed by atoms with E-state index < -0.39 is 5.54 Å². The lowest BCUT2D eigenvalue weighted by Crippen LogP contribution is -2.62. The molecule has 0 heterocycles. The highest BCUT2D eigenvalue weighted by molar-refractivity contribution is 5.85. The van der Waals surface area contributed by atoms with Crippen molar-refractivity contribution in [3.05, 3.63) is 0 Å².